The summed E-state index contributed by atoms with van der Waals surface area (Å²) in [5.74, 6) is -2.50. The van der Waals surface area contributed by atoms with E-state index in [0.29, 0.717) is 5.56 Å². The van der Waals surface area contributed by atoms with Gasteiger partial charge in [-0.2, -0.15) is 0 Å². The second-order valence-electron chi connectivity index (χ2n) is 5.19. The number of halogens is 1. The molecule has 8 nitrogen and oxygen atoms in total. The molecule has 0 aliphatic rings. The highest BCUT2D eigenvalue weighted by Gasteiger charge is 2.30. The first kappa shape index (κ1) is 16.6. The fourth-order valence-electron chi connectivity index (χ4n) is 1.72. The lowest BCUT2D eigenvalue weighted by molar-refractivity contribution is -0.155. The van der Waals surface area contributed by atoms with Crippen LogP contribution in [-0.4, -0.2) is 49.2 Å². The van der Waals surface area contributed by atoms with Crippen molar-refractivity contribution in [3.05, 3.63) is 47.5 Å². The van der Waals surface area contributed by atoms with Gasteiger partial charge in [0.25, 0.3) is 5.91 Å². The molecule has 9 heteroatoms. The van der Waals surface area contributed by atoms with Gasteiger partial charge in [-0.1, -0.05) is 17.3 Å². The summed E-state index contributed by atoms with van der Waals surface area (Å²) < 4.78 is 14.4. The number of aliphatic hydroxyl groups is 1. The highest BCUT2D eigenvalue weighted by atomic mass is 19.1. The average Bonchev–Trinajstić information content (AvgIpc) is 2.93. The molecule has 0 saturated heterocycles. The van der Waals surface area contributed by atoms with E-state index >= 15 is 0 Å². The Hall–Kier alpha value is -2.81. The zero-order valence-corrected chi connectivity index (χ0v) is 12.2. The molecule has 0 radical (unpaired) electrons. The van der Waals surface area contributed by atoms with Gasteiger partial charge >= 0.3 is 5.97 Å². The van der Waals surface area contributed by atoms with Crippen LogP contribution in [0.5, 0.6) is 0 Å². The lowest BCUT2D eigenvalue weighted by atomic mass is 10.1. The van der Waals surface area contributed by atoms with Crippen molar-refractivity contribution in [2.75, 3.05) is 6.54 Å². The Morgan fingerprint density at radius 2 is 2.17 bits per heavy atom. The van der Waals surface area contributed by atoms with Gasteiger partial charge in [-0.05, 0) is 24.6 Å². The van der Waals surface area contributed by atoms with Crippen molar-refractivity contribution in [1.29, 1.82) is 0 Å². The van der Waals surface area contributed by atoms with Gasteiger partial charge in [-0.15, -0.1) is 5.10 Å². The minimum absolute atomic E-state index is 0.0393. The van der Waals surface area contributed by atoms with E-state index in [0.717, 1.165) is 6.92 Å². The lowest BCUT2D eigenvalue weighted by Gasteiger charge is -2.17. The topological polar surface area (TPSA) is 117 Å². The number of nitrogens with zero attached hydrogens (tertiary/aromatic N) is 3. The molecule has 1 amide bonds. The third-order valence-corrected chi connectivity index (χ3v) is 3.06. The summed E-state index contributed by atoms with van der Waals surface area (Å²) in [7, 11) is 0. The minimum atomic E-state index is -2.08. The van der Waals surface area contributed by atoms with E-state index in [1.807, 2.05) is 0 Å². The Kier molecular flexibility index (Phi) is 4.70. The first-order valence-electron chi connectivity index (χ1n) is 6.66. The number of carbonyl (C=O) groups excluding carboxylic acids is 1. The molecule has 1 heterocycles. The summed E-state index contributed by atoms with van der Waals surface area (Å²) >= 11 is 0. The number of carboxylic acid groups (broad SMARTS) is 1. The van der Waals surface area contributed by atoms with Crippen LogP contribution in [0.3, 0.4) is 0 Å². The van der Waals surface area contributed by atoms with E-state index in [9.17, 15) is 19.1 Å². The summed E-state index contributed by atoms with van der Waals surface area (Å²) in [5.41, 5.74) is -1.47. The van der Waals surface area contributed by atoms with E-state index < -0.39 is 24.0 Å². The Labute approximate surface area is 130 Å². The largest absolute Gasteiger partial charge is 0.479 e. The smallest absolute Gasteiger partial charge is 0.337 e. The van der Waals surface area contributed by atoms with Crippen LogP contribution in [-0.2, 0) is 11.3 Å². The number of aliphatic carboxylic acids is 1. The van der Waals surface area contributed by atoms with Gasteiger partial charge in [0, 0.05) is 0 Å². The number of aromatic nitrogens is 3. The van der Waals surface area contributed by atoms with Crippen LogP contribution in [0, 0.1) is 5.82 Å². The number of benzene rings is 1. The molecule has 2 aromatic rings. The number of amides is 1. The molecule has 3 N–H and O–H groups in total. The van der Waals surface area contributed by atoms with Crippen LogP contribution in [0.25, 0.3) is 0 Å². The summed E-state index contributed by atoms with van der Waals surface area (Å²) in [5, 5.41) is 27.9. The van der Waals surface area contributed by atoms with Gasteiger partial charge < -0.3 is 15.5 Å². The Morgan fingerprint density at radius 3 is 2.83 bits per heavy atom. The molecule has 122 valence electrons. The van der Waals surface area contributed by atoms with Crippen molar-refractivity contribution in [2.45, 2.75) is 19.1 Å². The van der Waals surface area contributed by atoms with Crippen LogP contribution in [0.15, 0.2) is 30.5 Å². The number of rotatable bonds is 6. The first-order chi connectivity index (χ1) is 10.8. The molecule has 0 fully saturated rings. The third-order valence-electron chi connectivity index (χ3n) is 3.06. The molecule has 0 bridgehead atoms. The van der Waals surface area contributed by atoms with Crippen LogP contribution >= 0.6 is 0 Å². The summed E-state index contributed by atoms with van der Waals surface area (Å²) in [6.07, 6.45) is 1.34. The third kappa shape index (κ3) is 4.33. The van der Waals surface area contributed by atoms with Crippen molar-refractivity contribution in [3.63, 3.8) is 0 Å². The van der Waals surface area contributed by atoms with Crippen molar-refractivity contribution in [2.24, 2.45) is 0 Å². The Balaban J connectivity index is 1.98. The van der Waals surface area contributed by atoms with E-state index in [-0.39, 0.29) is 18.1 Å². The summed E-state index contributed by atoms with van der Waals surface area (Å²) in [6, 6.07) is 5.92. The molecular weight excluding hydrogens is 307 g/mol. The second-order valence-corrected chi connectivity index (χ2v) is 5.19. The molecule has 1 atom stereocenters. The second kappa shape index (κ2) is 6.53. The van der Waals surface area contributed by atoms with Crippen molar-refractivity contribution < 1.29 is 24.2 Å². The van der Waals surface area contributed by atoms with E-state index in [1.165, 1.54) is 23.0 Å². The van der Waals surface area contributed by atoms with Crippen molar-refractivity contribution in [1.82, 2.24) is 20.3 Å². The molecule has 0 aliphatic heterocycles. The van der Waals surface area contributed by atoms with Gasteiger partial charge in [-0.25, -0.2) is 13.9 Å². The van der Waals surface area contributed by atoms with E-state index in [2.05, 4.69) is 15.6 Å². The zero-order valence-electron chi connectivity index (χ0n) is 12.2. The Bertz CT molecular complexity index is 729. The maximum atomic E-state index is 13.1. The van der Waals surface area contributed by atoms with E-state index in [1.54, 1.807) is 12.1 Å². The van der Waals surface area contributed by atoms with Crippen LogP contribution in [0.4, 0.5) is 4.39 Å². The maximum absolute atomic E-state index is 13.1. The molecule has 1 unspecified atom stereocenters. The fourth-order valence-corrected chi connectivity index (χ4v) is 1.72. The average molecular weight is 322 g/mol. The van der Waals surface area contributed by atoms with Gasteiger partial charge in [0.05, 0.1) is 19.3 Å². The molecule has 1 aromatic heterocycles. The monoisotopic (exact) mass is 322 g/mol. The standard InChI is InChI=1S/C14H15FN4O4/c1-14(23,13(21)22)8-16-12(20)11-7-19(18-17-11)6-9-3-2-4-10(15)5-9/h2-5,7,23H,6,8H2,1H3,(H,16,20)(H,21,22). The molecule has 1 aromatic carbocycles. The normalized spacial score (nSPS) is 13.3. The number of carbonyl (C=O) groups is 2. The van der Waals surface area contributed by atoms with Gasteiger partial charge in [0.15, 0.2) is 11.3 Å². The SMILES string of the molecule is CC(O)(CNC(=O)c1cn(Cc2cccc(F)c2)nn1)C(=O)O. The molecule has 23 heavy (non-hydrogen) atoms. The van der Waals surface area contributed by atoms with Crippen molar-refractivity contribution in [3.8, 4) is 0 Å². The quantitative estimate of drug-likeness (QED) is 0.691. The van der Waals surface area contributed by atoms with Crippen LogP contribution in [0.1, 0.15) is 23.0 Å². The number of nitrogens with one attached hydrogen (secondary N) is 1. The molecule has 0 spiro atoms. The van der Waals surface area contributed by atoms with Crippen molar-refractivity contribution >= 4 is 11.9 Å². The zero-order chi connectivity index (χ0) is 17.0. The summed E-state index contributed by atoms with van der Waals surface area (Å²) in [4.78, 5) is 22.6. The maximum Gasteiger partial charge on any atom is 0.337 e. The predicted octanol–water partition coefficient (Wildman–Crippen LogP) is 0.0309. The van der Waals surface area contributed by atoms with Gasteiger partial charge in [0.1, 0.15) is 5.82 Å². The molecule has 0 aliphatic carbocycles. The number of hydrogen-bond acceptors (Lipinski definition) is 5. The molecule has 0 saturated carbocycles. The summed E-state index contributed by atoms with van der Waals surface area (Å²) in [6.45, 7) is 0.819. The fraction of sp³-hybridized carbons (Fsp3) is 0.286. The molecular formula is C14H15FN4O4. The van der Waals surface area contributed by atoms with E-state index in [4.69, 9.17) is 5.11 Å². The number of hydrogen-bond donors (Lipinski definition) is 3. The Morgan fingerprint density at radius 1 is 1.43 bits per heavy atom. The first-order valence-corrected chi connectivity index (χ1v) is 6.66. The highest BCUT2D eigenvalue weighted by molar-refractivity contribution is 5.92. The van der Waals surface area contributed by atoms with Gasteiger partial charge in [0.2, 0.25) is 0 Å². The minimum Gasteiger partial charge on any atom is -0.479 e. The van der Waals surface area contributed by atoms with Gasteiger partial charge in [-0.3, -0.25) is 4.79 Å². The van der Waals surface area contributed by atoms with Crippen LogP contribution in [0.2, 0.25) is 0 Å². The lowest BCUT2D eigenvalue weighted by Crippen LogP contribution is -2.46. The number of carboxylic acids is 1. The van der Waals surface area contributed by atoms with Crippen LogP contribution < -0.4 is 5.32 Å². The predicted molar refractivity (Wildman–Crippen MR) is 76.1 cm³/mol. The highest BCUT2D eigenvalue weighted by Crippen LogP contribution is 2.06. The molecule has 2 rings (SSSR count).